The normalized spacial score (nSPS) is 19.3. The van der Waals surface area contributed by atoms with Gasteiger partial charge in [-0.15, -0.1) is 0 Å². The van der Waals surface area contributed by atoms with Crippen molar-refractivity contribution in [2.75, 3.05) is 7.11 Å². The van der Waals surface area contributed by atoms with Crippen molar-refractivity contribution >= 4 is 12.0 Å². The predicted octanol–water partition coefficient (Wildman–Crippen LogP) is 2.21. The molecule has 1 aliphatic carbocycles. The highest BCUT2D eigenvalue weighted by Gasteiger charge is 2.27. The van der Waals surface area contributed by atoms with Gasteiger partial charge < -0.3 is 15.4 Å². The first kappa shape index (κ1) is 15.8. The number of carbonyl (C=O) groups excluding carboxylic acids is 2. The molecule has 1 fully saturated rings. The molecule has 1 saturated carbocycles. The van der Waals surface area contributed by atoms with Crippen molar-refractivity contribution in [3.8, 4) is 0 Å². The van der Waals surface area contributed by atoms with Gasteiger partial charge in [-0.05, 0) is 18.8 Å². The molecule has 0 heterocycles. The Kier molecular flexibility index (Phi) is 6.67. The summed E-state index contributed by atoms with van der Waals surface area (Å²) in [6.45, 7) is 3.92. The maximum Gasteiger partial charge on any atom is 0.328 e. The summed E-state index contributed by atoms with van der Waals surface area (Å²) in [5, 5.41) is 5.69. The van der Waals surface area contributed by atoms with Crippen molar-refractivity contribution in [2.24, 2.45) is 5.92 Å². The first-order valence-corrected chi connectivity index (χ1v) is 7.23. The van der Waals surface area contributed by atoms with Gasteiger partial charge in [-0.25, -0.2) is 9.59 Å². The van der Waals surface area contributed by atoms with Crippen LogP contribution in [0.15, 0.2) is 0 Å². The monoisotopic (exact) mass is 270 g/mol. The van der Waals surface area contributed by atoms with Crippen LogP contribution in [0.25, 0.3) is 0 Å². The smallest absolute Gasteiger partial charge is 0.328 e. The molecule has 19 heavy (non-hydrogen) atoms. The Morgan fingerprint density at radius 2 is 1.89 bits per heavy atom. The fourth-order valence-corrected chi connectivity index (χ4v) is 2.41. The molecule has 0 aliphatic heterocycles. The molecule has 0 aromatic rings. The van der Waals surface area contributed by atoms with Crippen LogP contribution in [-0.4, -0.2) is 31.2 Å². The fourth-order valence-electron chi connectivity index (χ4n) is 2.41. The number of methoxy groups -OCH3 is 1. The maximum atomic E-state index is 11.9. The molecule has 2 amide bonds. The van der Waals surface area contributed by atoms with Crippen LogP contribution in [0.2, 0.25) is 0 Å². The first-order valence-electron chi connectivity index (χ1n) is 7.23. The summed E-state index contributed by atoms with van der Waals surface area (Å²) in [4.78, 5) is 23.6. The van der Waals surface area contributed by atoms with E-state index in [1.54, 1.807) is 0 Å². The van der Waals surface area contributed by atoms with Gasteiger partial charge in [0.2, 0.25) is 0 Å². The van der Waals surface area contributed by atoms with E-state index in [4.69, 9.17) is 4.74 Å². The summed E-state index contributed by atoms with van der Waals surface area (Å²) in [5.74, 6) is -0.322. The van der Waals surface area contributed by atoms with Crippen molar-refractivity contribution in [3.63, 3.8) is 0 Å². The summed E-state index contributed by atoms with van der Waals surface area (Å²) in [6.07, 6.45) is 6.44. The third kappa shape index (κ3) is 5.09. The lowest BCUT2D eigenvalue weighted by Crippen LogP contribution is -2.52. The summed E-state index contributed by atoms with van der Waals surface area (Å²) in [6, 6.07) is -0.592. The molecule has 5 nitrogen and oxygen atoms in total. The van der Waals surface area contributed by atoms with Gasteiger partial charge in [-0.3, -0.25) is 0 Å². The number of hydrogen-bond donors (Lipinski definition) is 2. The predicted molar refractivity (Wildman–Crippen MR) is 73.8 cm³/mol. The highest BCUT2D eigenvalue weighted by molar-refractivity contribution is 5.83. The summed E-state index contributed by atoms with van der Waals surface area (Å²) >= 11 is 0. The highest BCUT2D eigenvalue weighted by atomic mass is 16.5. The van der Waals surface area contributed by atoms with Crippen molar-refractivity contribution in [3.05, 3.63) is 0 Å². The lowest BCUT2D eigenvalue weighted by Gasteiger charge is -2.26. The second-order valence-corrected chi connectivity index (χ2v) is 5.34. The van der Waals surface area contributed by atoms with Crippen molar-refractivity contribution in [1.82, 2.24) is 10.6 Å². The van der Waals surface area contributed by atoms with Gasteiger partial charge >= 0.3 is 12.0 Å². The molecule has 2 N–H and O–H groups in total. The van der Waals surface area contributed by atoms with Gasteiger partial charge in [0.1, 0.15) is 6.04 Å². The van der Waals surface area contributed by atoms with Crippen LogP contribution in [-0.2, 0) is 9.53 Å². The van der Waals surface area contributed by atoms with E-state index in [0.717, 1.165) is 32.1 Å². The molecule has 0 aromatic carbocycles. The Hall–Kier alpha value is -1.26. The number of urea groups is 1. The molecular formula is C14H26N2O3. The molecular weight excluding hydrogens is 244 g/mol. The Morgan fingerprint density at radius 1 is 1.26 bits per heavy atom. The van der Waals surface area contributed by atoms with Crippen LogP contribution in [0.4, 0.5) is 4.79 Å². The zero-order valence-electron chi connectivity index (χ0n) is 12.2. The first-order chi connectivity index (χ1) is 9.08. The summed E-state index contributed by atoms with van der Waals surface area (Å²) < 4.78 is 4.74. The van der Waals surface area contributed by atoms with E-state index in [-0.39, 0.29) is 24.0 Å². The average Bonchev–Trinajstić information content (AvgIpc) is 2.44. The molecule has 0 saturated heterocycles. The Labute approximate surface area is 115 Å². The zero-order valence-corrected chi connectivity index (χ0v) is 12.2. The lowest BCUT2D eigenvalue weighted by atomic mass is 9.95. The van der Waals surface area contributed by atoms with Crippen molar-refractivity contribution in [2.45, 2.75) is 64.5 Å². The Balaban J connectivity index is 2.48. The van der Waals surface area contributed by atoms with Crippen molar-refractivity contribution < 1.29 is 14.3 Å². The van der Waals surface area contributed by atoms with Gasteiger partial charge in [-0.1, -0.05) is 39.5 Å². The molecule has 0 aromatic heterocycles. The molecule has 2 unspecified atom stereocenters. The fraction of sp³-hybridized carbons (Fsp3) is 0.857. The van der Waals surface area contributed by atoms with Crippen LogP contribution in [0.3, 0.4) is 0 Å². The van der Waals surface area contributed by atoms with Crippen LogP contribution in [0.1, 0.15) is 52.4 Å². The molecule has 0 spiro atoms. The molecule has 2 atom stereocenters. The maximum absolute atomic E-state index is 11.9. The molecule has 1 aliphatic rings. The summed E-state index contributed by atoms with van der Waals surface area (Å²) in [7, 11) is 1.35. The Bertz CT molecular complexity index is 301. The van der Waals surface area contributed by atoms with E-state index in [1.807, 2.05) is 13.8 Å². The zero-order chi connectivity index (χ0) is 14.3. The minimum absolute atomic E-state index is 0.0598. The van der Waals surface area contributed by atoms with E-state index >= 15 is 0 Å². The van der Waals surface area contributed by atoms with Gasteiger partial charge in [0.15, 0.2) is 0 Å². The second-order valence-electron chi connectivity index (χ2n) is 5.34. The molecule has 0 radical (unpaired) electrons. The van der Waals surface area contributed by atoms with Gasteiger partial charge in [0.25, 0.3) is 0 Å². The number of rotatable bonds is 5. The van der Waals surface area contributed by atoms with Gasteiger partial charge in [0, 0.05) is 6.04 Å². The number of ether oxygens (including phenoxy) is 1. The van der Waals surface area contributed by atoms with Gasteiger partial charge in [-0.2, -0.15) is 0 Å². The number of hydrogen-bond acceptors (Lipinski definition) is 3. The number of carbonyl (C=O) groups is 2. The van der Waals surface area contributed by atoms with Crippen LogP contribution in [0, 0.1) is 5.92 Å². The third-order valence-corrected chi connectivity index (χ3v) is 3.90. The van der Waals surface area contributed by atoms with E-state index in [1.165, 1.54) is 13.5 Å². The van der Waals surface area contributed by atoms with E-state index in [0.29, 0.717) is 0 Å². The van der Waals surface area contributed by atoms with Gasteiger partial charge in [0.05, 0.1) is 7.11 Å². The third-order valence-electron chi connectivity index (χ3n) is 3.90. The number of amides is 2. The molecule has 110 valence electrons. The standard InChI is InChI=1S/C14H26N2O3/c1-4-10(2)12(13(17)19-3)16-14(18)15-11-8-6-5-7-9-11/h10-12H,4-9H2,1-3H3,(H2,15,16,18). The Morgan fingerprint density at radius 3 is 2.42 bits per heavy atom. The van der Waals surface area contributed by atoms with E-state index in [2.05, 4.69) is 10.6 Å². The average molecular weight is 270 g/mol. The van der Waals surface area contributed by atoms with Crippen molar-refractivity contribution in [1.29, 1.82) is 0 Å². The number of esters is 1. The van der Waals surface area contributed by atoms with Crippen LogP contribution in [0.5, 0.6) is 0 Å². The van der Waals surface area contributed by atoms with Crippen LogP contribution >= 0.6 is 0 Å². The minimum atomic E-state index is -0.571. The highest BCUT2D eigenvalue weighted by Crippen LogP contribution is 2.17. The largest absolute Gasteiger partial charge is 0.467 e. The molecule has 1 rings (SSSR count). The minimum Gasteiger partial charge on any atom is -0.467 e. The second kappa shape index (κ2) is 8.02. The SMILES string of the molecule is CCC(C)C(NC(=O)NC1CCCCC1)C(=O)OC. The number of nitrogens with one attached hydrogen (secondary N) is 2. The lowest BCUT2D eigenvalue weighted by molar-refractivity contribution is -0.144. The van der Waals surface area contributed by atoms with E-state index < -0.39 is 6.04 Å². The summed E-state index contributed by atoms with van der Waals surface area (Å²) in [5.41, 5.74) is 0. The van der Waals surface area contributed by atoms with Crippen LogP contribution < -0.4 is 10.6 Å². The topological polar surface area (TPSA) is 67.4 Å². The van der Waals surface area contributed by atoms with E-state index in [9.17, 15) is 9.59 Å². The molecule has 0 bridgehead atoms. The molecule has 5 heteroatoms. The quantitative estimate of drug-likeness (QED) is 0.753.